The normalized spacial score (nSPS) is 43.7. The maximum atomic E-state index is 13.1. The van der Waals surface area contributed by atoms with Crippen molar-refractivity contribution in [3.05, 3.63) is 35.9 Å². The zero-order chi connectivity index (χ0) is 32.4. The van der Waals surface area contributed by atoms with E-state index in [0.717, 1.165) is 5.56 Å². The minimum absolute atomic E-state index is 0.101. The predicted molar refractivity (Wildman–Crippen MR) is 168 cm³/mol. The van der Waals surface area contributed by atoms with Crippen molar-refractivity contribution in [3.63, 3.8) is 0 Å². The lowest BCUT2D eigenvalue weighted by Gasteiger charge is -2.50. The number of rotatable bonds is 9. The maximum absolute atomic E-state index is 13.1. The molecule has 16 atom stereocenters. The first-order chi connectivity index (χ1) is 21.5. The molecule has 5 rings (SSSR count). The van der Waals surface area contributed by atoms with Crippen molar-refractivity contribution in [1.82, 2.24) is 5.32 Å². The molecule has 5 N–H and O–H groups in total. The lowest BCUT2D eigenvalue weighted by atomic mass is 9.80. The van der Waals surface area contributed by atoms with Crippen LogP contribution >= 0.6 is 7.55 Å². The Morgan fingerprint density at radius 2 is 1.76 bits per heavy atom. The van der Waals surface area contributed by atoms with Crippen molar-refractivity contribution < 1.29 is 48.2 Å². The third-order valence-corrected chi connectivity index (χ3v) is 10.5. The molecule has 45 heavy (non-hydrogen) atoms. The van der Waals surface area contributed by atoms with Gasteiger partial charge >= 0.3 is 12.1 Å². The van der Waals surface area contributed by atoms with Gasteiger partial charge in [-0.3, -0.25) is 0 Å². The Labute approximate surface area is 266 Å². The van der Waals surface area contributed by atoms with E-state index < -0.39 is 74.9 Å². The molecule has 1 amide bonds. The molecule has 0 bridgehead atoms. The van der Waals surface area contributed by atoms with E-state index in [1.54, 1.807) is 0 Å². The van der Waals surface area contributed by atoms with E-state index in [1.165, 1.54) is 0 Å². The number of ether oxygens (including phenoxy) is 7. The summed E-state index contributed by atoms with van der Waals surface area (Å²) < 4.78 is 43.4. The van der Waals surface area contributed by atoms with E-state index in [9.17, 15) is 15.0 Å². The second-order valence-corrected chi connectivity index (χ2v) is 14.9. The van der Waals surface area contributed by atoms with Crippen LogP contribution in [0, 0.1) is 17.8 Å². The van der Waals surface area contributed by atoms with Gasteiger partial charge in [-0.05, 0) is 24.3 Å². The average molecular weight is 654 g/mol. The zero-order valence-electron chi connectivity index (χ0n) is 26.8. The molecule has 0 radical (unpaired) electrons. The maximum Gasteiger partial charge on any atom is 0.407 e. The van der Waals surface area contributed by atoms with E-state index in [-0.39, 0.29) is 43.2 Å². The monoisotopic (exact) mass is 653 g/mol. The van der Waals surface area contributed by atoms with Gasteiger partial charge < -0.3 is 54.4 Å². The van der Waals surface area contributed by atoms with Gasteiger partial charge in [-0.25, -0.2) is 4.79 Å². The number of hydrogen-bond donors (Lipinski definition) is 4. The van der Waals surface area contributed by atoms with E-state index in [4.69, 9.17) is 38.9 Å². The highest BCUT2D eigenvalue weighted by Crippen LogP contribution is 2.41. The summed E-state index contributed by atoms with van der Waals surface area (Å²) >= 11 is 0. The lowest BCUT2D eigenvalue weighted by molar-refractivity contribution is -0.338. The quantitative estimate of drug-likeness (QED) is 0.290. The highest BCUT2D eigenvalue weighted by atomic mass is 31.1. The summed E-state index contributed by atoms with van der Waals surface area (Å²) in [6.45, 7) is 10.1. The Bertz CT molecular complexity index is 1150. The summed E-state index contributed by atoms with van der Waals surface area (Å²) in [5.41, 5.74) is 7.21. The number of amides is 1. The molecule has 12 nitrogen and oxygen atoms in total. The molecule has 0 aromatic heterocycles. The fourth-order valence-corrected chi connectivity index (χ4v) is 7.47. The Morgan fingerprint density at radius 1 is 1.04 bits per heavy atom. The van der Waals surface area contributed by atoms with Gasteiger partial charge in [-0.1, -0.05) is 58.0 Å². The fraction of sp³-hybridized carbons (Fsp3) is 0.750. The van der Waals surface area contributed by atoms with Crippen molar-refractivity contribution in [1.29, 1.82) is 0 Å². The number of benzene rings is 1. The fourth-order valence-electron chi connectivity index (χ4n) is 6.78. The number of fused-ring (bicyclic) bond motifs is 1. The average Bonchev–Trinajstić information content (AvgIpc) is 3.30. The summed E-state index contributed by atoms with van der Waals surface area (Å²) in [7, 11) is -0.777. The molecular weight excluding hydrogens is 603 g/mol. The number of hydrogen-bond acceptors (Lipinski definition) is 11. The standard InChI is InChI=1S/C32H49N2O10P/c1-7-21-24(35)18(4)29(40-21)43-28-25(36)20(33)13-16(2)26(28)42-30-23(34-31(37)38-14-19-11-9-8-10-12-19)17(3)27-22(41-30)15-39-32(44-27)45(5)6/h8-12,16-18,20-30,32,35-36H,5,7,13-15,33H2,1-4,6H3/p+1. The van der Waals surface area contributed by atoms with Gasteiger partial charge in [0.1, 0.15) is 33.0 Å². The second kappa shape index (κ2) is 15.0. The summed E-state index contributed by atoms with van der Waals surface area (Å²) in [5.74, 6) is -0.723. The van der Waals surface area contributed by atoms with Gasteiger partial charge in [0.05, 0.1) is 49.5 Å². The van der Waals surface area contributed by atoms with Gasteiger partial charge in [0.15, 0.2) is 12.6 Å². The topological polar surface area (TPSA) is 160 Å². The highest BCUT2D eigenvalue weighted by Gasteiger charge is 2.54. The number of alkyl carbamates (subject to hydrolysis) is 1. The second-order valence-electron chi connectivity index (χ2n) is 13.0. The van der Waals surface area contributed by atoms with Crippen LogP contribution in [-0.4, -0.2) is 109 Å². The van der Waals surface area contributed by atoms with Crippen LogP contribution in [0.5, 0.6) is 0 Å². The first-order valence-corrected chi connectivity index (χ1v) is 18.0. The largest absolute Gasteiger partial charge is 0.445 e. The zero-order valence-corrected chi connectivity index (χ0v) is 27.7. The van der Waals surface area contributed by atoms with E-state index >= 15 is 0 Å². The smallest absolute Gasteiger partial charge is 0.407 e. The van der Waals surface area contributed by atoms with Crippen molar-refractivity contribution in [3.8, 4) is 0 Å². The summed E-state index contributed by atoms with van der Waals surface area (Å²) in [6, 6.07) is 7.76. The lowest BCUT2D eigenvalue weighted by Crippen LogP contribution is -2.66. The molecule has 4 fully saturated rings. The van der Waals surface area contributed by atoms with Crippen LogP contribution in [-0.2, 0) is 39.8 Å². The van der Waals surface area contributed by atoms with Crippen LogP contribution in [0.4, 0.5) is 4.79 Å². The first kappa shape index (κ1) is 34.6. The molecule has 252 valence electrons. The summed E-state index contributed by atoms with van der Waals surface area (Å²) in [5, 5.41) is 24.9. The van der Waals surface area contributed by atoms with Gasteiger partial charge in [0, 0.05) is 17.9 Å². The SMILES string of the molecule is C=[P+](C)C1OCC2OC(OC3C(C)CC(N)C(O)C3OC3OC(CC)C(O)C3C)C(NC(=O)OCc3ccccc3)C(C)C2O1. The molecule has 1 aromatic rings. The molecule has 1 aromatic carbocycles. The van der Waals surface area contributed by atoms with Gasteiger partial charge in [0.25, 0.3) is 0 Å². The Balaban J connectivity index is 1.36. The van der Waals surface area contributed by atoms with Crippen LogP contribution in [0.2, 0.25) is 0 Å². The van der Waals surface area contributed by atoms with Crippen LogP contribution in [0.1, 0.15) is 46.1 Å². The van der Waals surface area contributed by atoms with Gasteiger partial charge in [-0.15, -0.1) is 0 Å². The molecule has 1 saturated carbocycles. The first-order valence-electron chi connectivity index (χ1n) is 16.0. The highest BCUT2D eigenvalue weighted by molar-refractivity contribution is 7.55. The molecular formula is C32H50N2O10P+. The predicted octanol–water partition coefficient (Wildman–Crippen LogP) is 2.52. The van der Waals surface area contributed by atoms with Gasteiger partial charge in [0.2, 0.25) is 0 Å². The number of nitrogens with two attached hydrogens (primary N) is 1. The third-order valence-electron chi connectivity index (χ3n) is 9.53. The van der Waals surface area contributed by atoms with Gasteiger partial charge in [-0.2, -0.15) is 0 Å². The molecule has 4 aliphatic rings. The van der Waals surface area contributed by atoms with Crippen LogP contribution in [0.25, 0.3) is 0 Å². The molecule has 16 unspecified atom stereocenters. The van der Waals surface area contributed by atoms with Crippen molar-refractivity contribution in [2.75, 3.05) is 13.3 Å². The molecule has 3 heterocycles. The molecule has 13 heteroatoms. The van der Waals surface area contributed by atoms with Crippen LogP contribution in [0.3, 0.4) is 0 Å². The Morgan fingerprint density at radius 3 is 2.42 bits per heavy atom. The van der Waals surface area contributed by atoms with Crippen molar-refractivity contribution in [2.24, 2.45) is 23.5 Å². The summed E-state index contributed by atoms with van der Waals surface area (Å²) in [4.78, 5) is 13.1. The van der Waals surface area contributed by atoms with E-state index in [2.05, 4.69) is 11.6 Å². The van der Waals surface area contributed by atoms with Crippen LogP contribution in [0.15, 0.2) is 30.3 Å². The molecule has 3 aliphatic heterocycles. The van der Waals surface area contributed by atoms with Crippen molar-refractivity contribution >= 4 is 19.9 Å². The minimum Gasteiger partial charge on any atom is -0.445 e. The minimum atomic E-state index is -1.06. The number of carbonyl (C=O) groups is 1. The molecule has 3 saturated heterocycles. The van der Waals surface area contributed by atoms with E-state index in [0.29, 0.717) is 12.8 Å². The number of carbonyl (C=O) groups excluding carboxylic acids is 1. The molecule has 0 spiro atoms. The Hall–Kier alpha value is -1.70. The number of aliphatic hydroxyl groups excluding tert-OH is 2. The van der Waals surface area contributed by atoms with E-state index in [1.807, 2.05) is 64.7 Å². The summed E-state index contributed by atoms with van der Waals surface area (Å²) in [6.07, 6.45) is -1.62. The third kappa shape index (κ3) is 7.73. The Kier molecular flexibility index (Phi) is 11.6. The van der Waals surface area contributed by atoms with Crippen LogP contribution < -0.4 is 11.1 Å². The number of aliphatic hydroxyl groups is 2. The number of nitrogens with one attached hydrogen (secondary N) is 1. The van der Waals surface area contributed by atoms with Crippen molar-refractivity contribution in [2.45, 2.75) is 121 Å². The molecule has 1 aliphatic carbocycles.